The van der Waals surface area contributed by atoms with Crippen LogP contribution in [0.3, 0.4) is 0 Å². The van der Waals surface area contributed by atoms with Crippen molar-refractivity contribution in [2.45, 2.75) is 38.3 Å². The average Bonchev–Trinajstić information content (AvgIpc) is 2.84. The van der Waals surface area contributed by atoms with Crippen molar-refractivity contribution in [1.82, 2.24) is 15.5 Å². The standard InChI is InChI=1S/C12H23N3O4/c1-9(16)10(11(17)18)14-12(19)13-5-4-8-15-6-2-3-7-15/h9-10,16H,2-8H2,1H3,(H,17,18)(H2,13,14,19)/t9-,10+/m1/s1. The van der Waals surface area contributed by atoms with Crippen LogP contribution in [-0.2, 0) is 4.79 Å². The highest BCUT2D eigenvalue weighted by Gasteiger charge is 2.24. The summed E-state index contributed by atoms with van der Waals surface area (Å²) in [5, 5.41) is 22.8. The summed E-state index contributed by atoms with van der Waals surface area (Å²) in [6.45, 7) is 5.00. The van der Waals surface area contributed by atoms with Crippen molar-refractivity contribution in [2.75, 3.05) is 26.2 Å². The van der Waals surface area contributed by atoms with E-state index in [2.05, 4.69) is 15.5 Å². The Balaban J connectivity index is 2.14. The molecule has 0 aliphatic carbocycles. The lowest BCUT2D eigenvalue weighted by Gasteiger charge is -2.18. The van der Waals surface area contributed by atoms with Crippen LogP contribution < -0.4 is 10.6 Å². The van der Waals surface area contributed by atoms with Gasteiger partial charge in [0.2, 0.25) is 0 Å². The Kier molecular flexibility index (Phi) is 6.58. The van der Waals surface area contributed by atoms with E-state index in [4.69, 9.17) is 5.11 Å². The SMILES string of the molecule is C[C@@H](O)[C@H](NC(=O)NCCCN1CCCC1)C(=O)O. The average molecular weight is 273 g/mol. The molecule has 1 aliphatic heterocycles. The number of urea groups is 1. The van der Waals surface area contributed by atoms with Crippen molar-refractivity contribution in [3.63, 3.8) is 0 Å². The van der Waals surface area contributed by atoms with Crippen LogP contribution in [0.5, 0.6) is 0 Å². The second kappa shape index (κ2) is 7.96. The van der Waals surface area contributed by atoms with E-state index in [1.54, 1.807) is 0 Å². The van der Waals surface area contributed by atoms with Crippen LogP contribution in [0, 0.1) is 0 Å². The quantitative estimate of drug-likeness (QED) is 0.473. The predicted octanol–water partition coefficient (Wildman–Crippen LogP) is -0.394. The van der Waals surface area contributed by atoms with Crippen LogP contribution in [0.25, 0.3) is 0 Å². The molecular formula is C12H23N3O4. The maximum absolute atomic E-state index is 11.4. The molecule has 4 N–H and O–H groups in total. The molecule has 0 aromatic heterocycles. The monoisotopic (exact) mass is 273 g/mol. The number of nitrogens with one attached hydrogen (secondary N) is 2. The molecule has 1 saturated heterocycles. The van der Waals surface area contributed by atoms with Gasteiger partial charge in [-0.1, -0.05) is 0 Å². The molecule has 7 heteroatoms. The largest absolute Gasteiger partial charge is 0.480 e. The minimum atomic E-state index is -1.28. The number of aliphatic hydroxyl groups is 1. The molecule has 19 heavy (non-hydrogen) atoms. The van der Waals surface area contributed by atoms with Crippen molar-refractivity contribution >= 4 is 12.0 Å². The predicted molar refractivity (Wildman–Crippen MR) is 69.9 cm³/mol. The van der Waals surface area contributed by atoms with Gasteiger partial charge in [0.05, 0.1) is 6.10 Å². The number of carbonyl (C=O) groups excluding carboxylic acids is 1. The smallest absolute Gasteiger partial charge is 0.328 e. The summed E-state index contributed by atoms with van der Waals surface area (Å²) < 4.78 is 0. The zero-order valence-corrected chi connectivity index (χ0v) is 11.3. The Hall–Kier alpha value is -1.34. The fourth-order valence-corrected chi connectivity index (χ4v) is 2.09. The van der Waals surface area contributed by atoms with E-state index in [-0.39, 0.29) is 0 Å². The number of hydrogen-bond donors (Lipinski definition) is 4. The van der Waals surface area contributed by atoms with Crippen molar-refractivity contribution < 1.29 is 19.8 Å². The molecule has 0 spiro atoms. The molecule has 2 atom stereocenters. The third-order valence-electron chi connectivity index (χ3n) is 3.17. The van der Waals surface area contributed by atoms with Crippen molar-refractivity contribution in [2.24, 2.45) is 0 Å². The van der Waals surface area contributed by atoms with Crippen molar-refractivity contribution in [1.29, 1.82) is 0 Å². The van der Waals surface area contributed by atoms with Crippen LogP contribution in [0.2, 0.25) is 0 Å². The first kappa shape index (κ1) is 15.7. The molecule has 110 valence electrons. The number of aliphatic hydroxyl groups excluding tert-OH is 1. The van der Waals surface area contributed by atoms with Crippen LogP contribution in [0.15, 0.2) is 0 Å². The highest BCUT2D eigenvalue weighted by atomic mass is 16.4. The normalized spacial score (nSPS) is 18.8. The highest BCUT2D eigenvalue weighted by Crippen LogP contribution is 2.06. The second-order valence-electron chi connectivity index (χ2n) is 4.86. The summed E-state index contributed by atoms with van der Waals surface area (Å²) in [6.07, 6.45) is 2.18. The number of likely N-dealkylation sites (tertiary alicyclic amines) is 1. The third-order valence-corrected chi connectivity index (χ3v) is 3.17. The van der Waals surface area contributed by atoms with E-state index in [0.29, 0.717) is 6.54 Å². The molecule has 2 amide bonds. The number of carboxylic acids is 1. The van der Waals surface area contributed by atoms with E-state index in [1.807, 2.05) is 0 Å². The highest BCUT2D eigenvalue weighted by molar-refractivity contribution is 5.82. The molecule has 7 nitrogen and oxygen atoms in total. The number of amides is 2. The maximum atomic E-state index is 11.4. The molecule has 1 rings (SSSR count). The van der Waals surface area contributed by atoms with Gasteiger partial charge in [0.15, 0.2) is 6.04 Å². The number of hydrogen-bond acceptors (Lipinski definition) is 4. The first-order chi connectivity index (χ1) is 9.00. The molecule has 1 aliphatic rings. The van der Waals surface area contributed by atoms with Crippen LogP contribution in [0.1, 0.15) is 26.2 Å². The molecule has 0 bridgehead atoms. The summed E-state index contributed by atoms with van der Waals surface area (Å²) >= 11 is 0. The third kappa shape index (κ3) is 5.89. The zero-order chi connectivity index (χ0) is 14.3. The zero-order valence-electron chi connectivity index (χ0n) is 11.3. The van der Waals surface area contributed by atoms with Crippen molar-refractivity contribution in [3.8, 4) is 0 Å². The van der Waals surface area contributed by atoms with Gasteiger partial charge in [-0.25, -0.2) is 9.59 Å². The Labute approximate surface area is 113 Å². The van der Waals surface area contributed by atoms with Gasteiger partial charge < -0.3 is 25.7 Å². The molecule has 0 saturated carbocycles. The maximum Gasteiger partial charge on any atom is 0.328 e. The van der Waals surface area contributed by atoms with Crippen LogP contribution >= 0.6 is 0 Å². The first-order valence-electron chi connectivity index (χ1n) is 6.68. The van der Waals surface area contributed by atoms with Gasteiger partial charge in [-0.15, -0.1) is 0 Å². The van der Waals surface area contributed by atoms with Gasteiger partial charge in [0.25, 0.3) is 0 Å². The van der Waals surface area contributed by atoms with Gasteiger partial charge in [0, 0.05) is 6.54 Å². The second-order valence-corrected chi connectivity index (χ2v) is 4.86. The van der Waals surface area contributed by atoms with E-state index in [1.165, 1.54) is 19.8 Å². The molecular weight excluding hydrogens is 250 g/mol. The Morgan fingerprint density at radius 1 is 1.32 bits per heavy atom. The van der Waals surface area contributed by atoms with Crippen LogP contribution in [0.4, 0.5) is 4.79 Å². The molecule has 0 unspecified atom stereocenters. The number of aliphatic carboxylic acids is 1. The molecule has 1 heterocycles. The number of carboxylic acid groups (broad SMARTS) is 1. The molecule has 1 fully saturated rings. The van der Waals surface area contributed by atoms with Crippen LogP contribution in [-0.4, -0.2) is 65.4 Å². The molecule has 0 radical (unpaired) electrons. The Morgan fingerprint density at radius 3 is 2.47 bits per heavy atom. The fraction of sp³-hybridized carbons (Fsp3) is 0.833. The molecule has 0 aromatic rings. The number of nitrogens with zero attached hydrogens (tertiary/aromatic N) is 1. The topological polar surface area (TPSA) is 102 Å². The summed E-state index contributed by atoms with van der Waals surface area (Å²) in [4.78, 5) is 24.6. The minimum Gasteiger partial charge on any atom is -0.480 e. The van der Waals surface area contributed by atoms with Gasteiger partial charge >= 0.3 is 12.0 Å². The first-order valence-corrected chi connectivity index (χ1v) is 6.68. The van der Waals surface area contributed by atoms with Gasteiger partial charge in [-0.3, -0.25) is 0 Å². The van der Waals surface area contributed by atoms with E-state index in [9.17, 15) is 14.7 Å². The summed E-state index contributed by atoms with van der Waals surface area (Å²) in [6, 6.07) is -1.84. The van der Waals surface area contributed by atoms with Gasteiger partial charge in [0.1, 0.15) is 0 Å². The Morgan fingerprint density at radius 2 is 1.95 bits per heavy atom. The number of carbonyl (C=O) groups is 2. The van der Waals surface area contributed by atoms with Crippen molar-refractivity contribution in [3.05, 3.63) is 0 Å². The lowest BCUT2D eigenvalue weighted by Crippen LogP contribution is -2.51. The fourth-order valence-electron chi connectivity index (χ4n) is 2.09. The van der Waals surface area contributed by atoms with Gasteiger partial charge in [-0.2, -0.15) is 0 Å². The van der Waals surface area contributed by atoms with Gasteiger partial charge in [-0.05, 0) is 45.8 Å². The summed E-state index contributed by atoms with van der Waals surface area (Å²) in [7, 11) is 0. The summed E-state index contributed by atoms with van der Waals surface area (Å²) in [5.41, 5.74) is 0. The molecule has 0 aromatic carbocycles. The van der Waals surface area contributed by atoms with E-state index in [0.717, 1.165) is 26.1 Å². The van der Waals surface area contributed by atoms with E-state index >= 15 is 0 Å². The minimum absolute atomic E-state index is 0.495. The van der Waals surface area contributed by atoms with E-state index < -0.39 is 24.1 Å². The Bertz CT molecular complexity index is 303. The number of rotatable bonds is 7. The lowest BCUT2D eigenvalue weighted by atomic mass is 10.2. The lowest BCUT2D eigenvalue weighted by molar-refractivity contribution is -0.141. The summed E-state index contributed by atoms with van der Waals surface area (Å²) in [5.74, 6) is -1.25.